The number of H-pyrrole nitrogens is 1. The van der Waals surface area contributed by atoms with Crippen LogP contribution in [0, 0.1) is 6.92 Å². The van der Waals surface area contributed by atoms with E-state index in [1.807, 2.05) is 60.7 Å². The first-order chi connectivity index (χ1) is 13.6. The molecule has 2 aromatic carbocycles. The zero-order chi connectivity index (χ0) is 19.5. The average Bonchev–Trinajstić information content (AvgIpc) is 3.13. The van der Waals surface area contributed by atoms with Crippen LogP contribution in [0.3, 0.4) is 0 Å². The molecule has 1 amide bonds. The first-order valence-electron chi connectivity index (χ1n) is 8.48. The maximum atomic E-state index is 13.0. The van der Waals surface area contributed by atoms with E-state index in [1.54, 1.807) is 6.92 Å². The van der Waals surface area contributed by atoms with Gasteiger partial charge in [0.1, 0.15) is 10.6 Å². The maximum Gasteiger partial charge on any atom is 0.277 e. The molecule has 2 aromatic heterocycles. The van der Waals surface area contributed by atoms with E-state index in [0.717, 1.165) is 11.1 Å². The van der Waals surface area contributed by atoms with Crippen molar-refractivity contribution >= 4 is 22.4 Å². The highest BCUT2D eigenvalue weighted by molar-refractivity contribution is 7.15. The topological polar surface area (TPSA) is 101 Å². The number of anilines is 1. The lowest BCUT2D eigenvalue weighted by molar-refractivity contribution is 0.102. The summed E-state index contributed by atoms with van der Waals surface area (Å²) in [5, 5.41) is 18.2. The van der Waals surface area contributed by atoms with Crippen molar-refractivity contribution in [1.82, 2.24) is 20.4 Å². The van der Waals surface area contributed by atoms with Crippen LogP contribution in [0.1, 0.15) is 15.4 Å². The molecule has 0 aliphatic carbocycles. The van der Waals surface area contributed by atoms with Gasteiger partial charge in [0.05, 0.1) is 5.69 Å². The van der Waals surface area contributed by atoms with Crippen LogP contribution >= 0.6 is 11.3 Å². The quantitative estimate of drug-likeness (QED) is 0.556. The van der Waals surface area contributed by atoms with Crippen LogP contribution < -0.4 is 10.9 Å². The number of nitrogens with zero attached hydrogens (tertiary/aromatic N) is 3. The van der Waals surface area contributed by atoms with E-state index in [9.17, 15) is 9.59 Å². The second kappa shape index (κ2) is 7.53. The Kier molecular flexibility index (Phi) is 4.77. The van der Waals surface area contributed by atoms with E-state index >= 15 is 0 Å². The van der Waals surface area contributed by atoms with E-state index in [1.165, 1.54) is 11.3 Å². The van der Waals surface area contributed by atoms with Crippen molar-refractivity contribution in [2.45, 2.75) is 6.92 Å². The molecule has 138 valence electrons. The Labute approximate surface area is 164 Å². The average molecular weight is 389 g/mol. The van der Waals surface area contributed by atoms with Crippen LogP contribution in [0.5, 0.6) is 0 Å². The monoisotopic (exact) mass is 389 g/mol. The Bertz CT molecular complexity index is 1190. The van der Waals surface area contributed by atoms with Gasteiger partial charge < -0.3 is 0 Å². The van der Waals surface area contributed by atoms with Crippen LogP contribution in [0.4, 0.5) is 5.13 Å². The number of aromatic amines is 1. The van der Waals surface area contributed by atoms with E-state index in [0.29, 0.717) is 21.4 Å². The number of nitrogens with one attached hydrogen (secondary N) is 2. The third kappa shape index (κ3) is 3.45. The summed E-state index contributed by atoms with van der Waals surface area (Å²) in [6, 6.07) is 18.7. The predicted octanol–water partition coefficient (Wildman–Crippen LogP) is 3.52. The van der Waals surface area contributed by atoms with Gasteiger partial charge in [-0.05, 0) is 12.5 Å². The summed E-state index contributed by atoms with van der Waals surface area (Å²) in [4.78, 5) is 25.6. The molecule has 0 aliphatic heterocycles. The highest BCUT2D eigenvalue weighted by atomic mass is 32.1. The maximum absolute atomic E-state index is 13.0. The molecule has 28 heavy (non-hydrogen) atoms. The molecule has 2 heterocycles. The van der Waals surface area contributed by atoms with Gasteiger partial charge in [0.15, 0.2) is 0 Å². The first-order valence-corrected chi connectivity index (χ1v) is 9.30. The Balaban J connectivity index is 1.92. The third-order valence-corrected chi connectivity index (χ3v) is 4.82. The highest BCUT2D eigenvalue weighted by Gasteiger charge is 2.23. The van der Waals surface area contributed by atoms with E-state index in [-0.39, 0.29) is 5.56 Å². The molecule has 0 atom stereocenters. The van der Waals surface area contributed by atoms with Gasteiger partial charge in [-0.3, -0.25) is 14.9 Å². The van der Waals surface area contributed by atoms with Gasteiger partial charge in [0.25, 0.3) is 11.5 Å². The fourth-order valence-corrected chi connectivity index (χ4v) is 3.45. The number of benzene rings is 2. The van der Waals surface area contributed by atoms with Crippen LogP contribution in [0.25, 0.3) is 22.4 Å². The molecule has 0 spiro atoms. The Hall–Kier alpha value is -3.65. The number of rotatable bonds is 4. The Morgan fingerprint density at radius 2 is 1.61 bits per heavy atom. The summed E-state index contributed by atoms with van der Waals surface area (Å²) >= 11 is 1.24. The van der Waals surface area contributed by atoms with E-state index in [2.05, 4.69) is 25.7 Å². The van der Waals surface area contributed by atoms with Gasteiger partial charge in [-0.25, -0.2) is 5.10 Å². The molecule has 2 N–H and O–H groups in total. The van der Waals surface area contributed by atoms with Gasteiger partial charge in [-0.2, -0.15) is 5.10 Å². The number of carbonyl (C=O) groups excluding carboxylic acids is 1. The fraction of sp³-hybridized carbons (Fsp3) is 0.0500. The molecule has 0 radical (unpaired) electrons. The van der Waals surface area contributed by atoms with Crippen molar-refractivity contribution in [2.75, 3.05) is 5.32 Å². The smallest absolute Gasteiger partial charge is 0.277 e. The van der Waals surface area contributed by atoms with Crippen LogP contribution in [0.2, 0.25) is 0 Å². The number of hydrogen-bond donors (Lipinski definition) is 2. The summed E-state index contributed by atoms with van der Waals surface area (Å²) < 4.78 is 0. The Morgan fingerprint density at radius 1 is 0.964 bits per heavy atom. The normalized spacial score (nSPS) is 10.6. The van der Waals surface area contributed by atoms with Gasteiger partial charge in [0, 0.05) is 11.1 Å². The summed E-state index contributed by atoms with van der Waals surface area (Å²) in [7, 11) is 0. The first kappa shape index (κ1) is 17.7. The van der Waals surface area contributed by atoms with Crippen molar-refractivity contribution in [3.05, 3.63) is 81.6 Å². The minimum Gasteiger partial charge on any atom is -0.296 e. The van der Waals surface area contributed by atoms with Gasteiger partial charge in [-0.1, -0.05) is 72.0 Å². The minimum atomic E-state index is -0.572. The highest BCUT2D eigenvalue weighted by Crippen LogP contribution is 2.32. The lowest BCUT2D eigenvalue weighted by Gasteiger charge is -2.13. The lowest BCUT2D eigenvalue weighted by atomic mass is 9.95. The molecule has 0 aliphatic rings. The molecule has 0 fully saturated rings. The molecule has 0 unspecified atom stereocenters. The second-order valence-corrected chi connectivity index (χ2v) is 7.15. The van der Waals surface area contributed by atoms with Crippen LogP contribution in [0.15, 0.2) is 65.5 Å². The molecule has 4 aromatic rings. The second-order valence-electron chi connectivity index (χ2n) is 5.96. The van der Waals surface area contributed by atoms with Crippen molar-refractivity contribution in [1.29, 1.82) is 0 Å². The van der Waals surface area contributed by atoms with Crippen LogP contribution in [-0.4, -0.2) is 26.3 Å². The molecule has 7 nitrogen and oxygen atoms in total. The molecule has 0 bridgehead atoms. The fourth-order valence-electron chi connectivity index (χ4n) is 2.86. The number of amides is 1. The van der Waals surface area contributed by atoms with Gasteiger partial charge in [0.2, 0.25) is 5.13 Å². The van der Waals surface area contributed by atoms with Crippen molar-refractivity contribution in [3.8, 4) is 22.4 Å². The zero-order valence-electron chi connectivity index (χ0n) is 14.8. The summed E-state index contributed by atoms with van der Waals surface area (Å²) in [6.07, 6.45) is 0. The lowest BCUT2D eigenvalue weighted by Crippen LogP contribution is -2.26. The molecule has 4 rings (SSSR count). The largest absolute Gasteiger partial charge is 0.296 e. The third-order valence-electron chi connectivity index (χ3n) is 4.07. The standard InChI is InChI=1S/C20H15N5O2S/c1-12-22-25-20(28-12)21-18(26)16-15(13-8-4-2-5-9-13)17(23-24-19(16)27)14-10-6-3-7-11-14/h2-11H,1H3,(H,24,27)(H,21,25,26). The molecule has 8 heteroatoms. The van der Waals surface area contributed by atoms with Crippen molar-refractivity contribution in [2.24, 2.45) is 0 Å². The molecular weight excluding hydrogens is 374 g/mol. The van der Waals surface area contributed by atoms with Gasteiger partial charge >= 0.3 is 0 Å². The molecule has 0 saturated heterocycles. The molecule has 0 saturated carbocycles. The summed E-state index contributed by atoms with van der Waals surface area (Å²) in [5.41, 5.74) is 1.90. The van der Waals surface area contributed by atoms with Crippen molar-refractivity contribution in [3.63, 3.8) is 0 Å². The van der Waals surface area contributed by atoms with Gasteiger partial charge in [-0.15, -0.1) is 10.2 Å². The number of hydrogen-bond acceptors (Lipinski definition) is 6. The van der Waals surface area contributed by atoms with E-state index < -0.39 is 11.5 Å². The SMILES string of the molecule is Cc1nnc(NC(=O)c2c(-c3ccccc3)c(-c3ccccc3)n[nH]c2=O)s1. The van der Waals surface area contributed by atoms with Crippen LogP contribution in [-0.2, 0) is 0 Å². The summed E-state index contributed by atoms with van der Waals surface area (Å²) in [5.74, 6) is -0.559. The Morgan fingerprint density at radius 3 is 2.21 bits per heavy atom. The zero-order valence-corrected chi connectivity index (χ0v) is 15.7. The number of aromatic nitrogens is 4. The van der Waals surface area contributed by atoms with Crippen molar-refractivity contribution < 1.29 is 4.79 Å². The minimum absolute atomic E-state index is 0.0205. The summed E-state index contributed by atoms with van der Waals surface area (Å²) in [6.45, 7) is 1.79. The molecular formula is C20H15N5O2S. The van der Waals surface area contributed by atoms with E-state index in [4.69, 9.17) is 0 Å². The number of carbonyl (C=O) groups is 1. The predicted molar refractivity (Wildman–Crippen MR) is 108 cm³/mol. The number of aryl methyl sites for hydroxylation is 1.